The number of fused-ring (bicyclic) bond motifs is 1. The summed E-state index contributed by atoms with van der Waals surface area (Å²) in [6, 6.07) is 14.3. The molecular weight excluding hydrogens is 490 g/mol. The first-order valence-corrected chi connectivity index (χ1v) is 14.1. The number of hydrogen-bond donors (Lipinski definition) is 1. The highest BCUT2D eigenvalue weighted by molar-refractivity contribution is 5.83. The van der Waals surface area contributed by atoms with Crippen LogP contribution in [0.15, 0.2) is 47.3 Å². The number of benzene rings is 2. The zero-order valence-electron chi connectivity index (χ0n) is 23.1. The first-order valence-electron chi connectivity index (χ1n) is 14.1. The monoisotopic (exact) mass is 527 g/mol. The lowest BCUT2D eigenvalue weighted by Gasteiger charge is -2.40. The van der Waals surface area contributed by atoms with Crippen LogP contribution in [0.5, 0.6) is 5.75 Å². The van der Waals surface area contributed by atoms with Crippen LogP contribution in [0.2, 0.25) is 0 Å². The molecule has 9 nitrogen and oxygen atoms in total. The Bertz CT molecular complexity index is 1510. The lowest BCUT2D eigenvalue weighted by molar-refractivity contribution is 0.192. The molecule has 1 saturated heterocycles. The topological polar surface area (TPSA) is 92.2 Å². The molecule has 0 spiro atoms. The van der Waals surface area contributed by atoms with E-state index in [1.165, 1.54) is 19.3 Å². The van der Waals surface area contributed by atoms with Crippen LogP contribution in [0.4, 0.5) is 5.69 Å². The fourth-order valence-electron chi connectivity index (χ4n) is 6.32. The largest absolute Gasteiger partial charge is 0.495 e. The van der Waals surface area contributed by atoms with Gasteiger partial charge in [-0.1, -0.05) is 43.5 Å². The van der Waals surface area contributed by atoms with Crippen LogP contribution in [-0.4, -0.2) is 63.4 Å². The van der Waals surface area contributed by atoms with E-state index in [9.17, 15) is 4.79 Å². The van der Waals surface area contributed by atoms with Gasteiger partial charge in [0.05, 0.1) is 24.4 Å². The fraction of sp³-hybridized carbons (Fsp3) is 0.467. The smallest absolute Gasteiger partial charge is 0.253 e. The molecule has 6 rings (SSSR count). The first kappa shape index (κ1) is 25.6. The van der Waals surface area contributed by atoms with Crippen LogP contribution in [0, 0.1) is 13.8 Å². The van der Waals surface area contributed by atoms with Crippen molar-refractivity contribution in [2.45, 2.75) is 58.0 Å². The van der Waals surface area contributed by atoms with Crippen molar-refractivity contribution in [3.8, 4) is 5.75 Å². The molecule has 39 heavy (non-hydrogen) atoms. The second-order valence-corrected chi connectivity index (χ2v) is 10.9. The van der Waals surface area contributed by atoms with E-state index in [1.54, 1.807) is 7.11 Å². The molecule has 1 saturated carbocycles. The normalized spacial score (nSPS) is 18.0. The molecule has 1 atom stereocenters. The number of aryl methyl sites for hydroxylation is 2. The highest BCUT2D eigenvalue weighted by Gasteiger charge is 2.35. The Morgan fingerprint density at radius 1 is 1.00 bits per heavy atom. The molecular formula is C30H37N7O2. The van der Waals surface area contributed by atoms with E-state index in [0.717, 1.165) is 78.3 Å². The molecule has 204 valence electrons. The maximum atomic E-state index is 13.7. The molecule has 2 fully saturated rings. The number of nitrogens with zero attached hydrogens (tertiary/aromatic N) is 6. The van der Waals surface area contributed by atoms with Crippen LogP contribution in [0.25, 0.3) is 10.9 Å². The van der Waals surface area contributed by atoms with E-state index in [1.807, 2.05) is 22.9 Å². The predicted molar refractivity (Wildman–Crippen MR) is 153 cm³/mol. The van der Waals surface area contributed by atoms with Gasteiger partial charge in [0.15, 0.2) is 5.82 Å². The van der Waals surface area contributed by atoms with Gasteiger partial charge in [0.25, 0.3) is 5.56 Å². The molecule has 0 amide bonds. The predicted octanol–water partition coefficient (Wildman–Crippen LogP) is 4.56. The average Bonchev–Trinajstić information content (AvgIpc) is 3.46. The number of piperazine rings is 1. The van der Waals surface area contributed by atoms with Crippen LogP contribution in [0.1, 0.15) is 66.7 Å². The van der Waals surface area contributed by atoms with Crippen molar-refractivity contribution in [2.24, 2.45) is 0 Å². The van der Waals surface area contributed by atoms with Gasteiger partial charge in [-0.15, -0.1) is 5.10 Å². The Balaban J connectivity index is 1.40. The van der Waals surface area contributed by atoms with E-state index < -0.39 is 0 Å². The minimum Gasteiger partial charge on any atom is -0.495 e. The molecule has 1 aliphatic heterocycles. The molecule has 2 aromatic carbocycles. The number of hydrogen-bond acceptors (Lipinski definition) is 7. The Morgan fingerprint density at radius 3 is 2.54 bits per heavy atom. The zero-order valence-corrected chi connectivity index (χ0v) is 23.1. The number of ether oxygens (including phenoxy) is 1. The summed E-state index contributed by atoms with van der Waals surface area (Å²) in [6.07, 6.45) is 5.76. The van der Waals surface area contributed by atoms with Gasteiger partial charge < -0.3 is 14.6 Å². The van der Waals surface area contributed by atoms with Gasteiger partial charge in [-0.3, -0.25) is 9.69 Å². The second kappa shape index (κ2) is 10.8. The summed E-state index contributed by atoms with van der Waals surface area (Å²) in [6.45, 7) is 7.29. The lowest BCUT2D eigenvalue weighted by atomic mass is 9.94. The van der Waals surface area contributed by atoms with Crippen molar-refractivity contribution in [3.63, 3.8) is 0 Å². The van der Waals surface area contributed by atoms with E-state index in [0.29, 0.717) is 5.56 Å². The van der Waals surface area contributed by atoms with Crippen molar-refractivity contribution in [2.75, 3.05) is 38.2 Å². The van der Waals surface area contributed by atoms with E-state index in [-0.39, 0.29) is 17.6 Å². The van der Waals surface area contributed by atoms with Crippen LogP contribution in [0.3, 0.4) is 0 Å². The van der Waals surface area contributed by atoms with E-state index >= 15 is 0 Å². The highest BCUT2D eigenvalue weighted by atomic mass is 16.5. The lowest BCUT2D eigenvalue weighted by Crippen LogP contribution is -2.49. The Kier molecular flexibility index (Phi) is 7.08. The van der Waals surface area contributed by atoms with Crippen molar-refractivity contribution < 1.29 is 4.74 Å². The molecule has 0 bridgehead atoms. The van der Waals surface area contributed by atoms with E-state index in [4.69, 9.17) is 4.74 Å². The minimum atomic E-state index is -0.337. The van der Waals surface area contributed by atoms with Crippen LogP contribution >= 0.6 is 0 Å². The van der Waals surface area contributed by atoms with Gasteiger partial charge in [0.2, 0.25) is 0 Å². The molecule has 9 heteroatoms. The van der Waals surface area contributed by atoms with Crippen molar-refractivity contribution >= 4 is 16.6 Å². The number of tetrazole rings is 1. The number of rotatable bonds is 6. The van der Waals surface area contributed by atoms with Gasteiger partial charge >= 0.3 is 0 Å². The third-order valence-electron chi connectivity index (χ3n) is 8.66. The molecule has 0 radical (unpaired) electrons. The third kappa shape index (κ3) is 4.80. The SMILES string of the molecule is COc1ccccc1N1CCN([C@@H](c2cc3ccc(C)c(C)c3[nH]c2=O)c2nnnn2C2CCCCC2)CC1. The molecule has 2 aliphatic rings. The van der Waals surface area contributed by atoms with Gasteiger partial charge in [0.1, 0.15) is 11.8 Å². The summed E-state index contributed by atoms with van der Waals surface area (Å²) in [5, 5.41) is 14.2. The molecule has 1 N–H and O–H groups in total. The fourth-order valence-corrected chi connectivity index (χ4v) is 6.32. The van der Waals surface area contributed by atoms with Crippen LogP contribution in [-0.2, 0) is 0 Å². The minimum absolute atomic E-state index is 0.0773. The maximum Gasteiger partial charge on any atom is 0.253 e. The standard InChI is InChI=1S/C30H37N7O2/c1-20-13-14-22-19-24(30(38)31-27(22)21(20)2)28(29-32-33-34-37(29)23-9-5-4-6-10-23)36-17-15-35(16-18-36)25-11-7-8-12-26(25)39-3/h7-8,11-14,19,23,28H,4-6,9-10,15-18H2,1-3H3,(H,31,38)/t28-/m0/s1. The quantitative estimate of drug-likeness (QED) is 0.393. The van der Waals surface area contributed by atoms with Gasteiger partial charge in [-0.25, -0.2) is 4.68 Å². The van der Waals surface area contributed by atoms with Gasteiger partial charge in [-0.05, 0) is 71.8 Å². The summed E-state index contributed by atoms with van der Waals surface area (Å²) in [5.74, 6) is 1.64. The Labute approximate surface area is 228 Å². The Hall–Kier alpha value is -3.72. The number of para-hydroxylation sites is 2. The van der Waals surface area contributed by atoms with Crippen molar-refractivity contribution in [1.82, 2.24) is 30.1 Å². The third-order valence-corrected chi connectivity index (χ3v) is 8.66. The zero-order chi connectivity index (χ0) is 26.9. The number of methoxy groups -OCH3 is 1. The summed E-state index contributed by atoms with van der Waals surface area (Å²) in [5.41, 5.74) is 4.88. The van der Waals surface area contributed by atoms with Crippen molar-refractivity contribution in [1.29, 1.82) is 0 Å². The summed E-state index contributed by atoms with van der Waals surface area (Å²) < 4.78 is 7.64. The maximum absolute atomic E-state index is 13.7. The highest BCUT2D eigenvalue weighted by Crippen LogP contribution is 2.35. The number of H-pyrrole nitrogens is 1. The van der Waals surface area contributed by atoms with E-state index in [2.05, 4.69) is 68.4 Å². The number of nitrogens with one attached hydrogen (secondary N) is 1. The number of aromatic nitrogens is 5. The number of anilines is 1. The number of aromatic amines is 1. The summed E-state index contributed by atoms with van der Waals surface area (Å²) in [7, 11) is 1.71. The molecule has 3 heterocycles. The Morgan fingerprint density at radius 2 is 1.77 bits per heavy atom. The van der Waals surface area contributed by atoms with Gasteiger partial charge in [0, 0.05) is 31.7 Å². The second-order valence-electron chi connectivity index (χ2n) is 10.9. The average molecular weight is 528 g/mol. The molecule has 1 aliphatic carbocycles. The summed E-state index contributed by atoms with van der Waals surface area (Å²) in [4.78, 5) is 21.7. The summed E-state index contributed by atoms with van der Waals surface area (Å²) >= 11 is 0. The van der Waals surface area contributed by atoms with Gasteiger partial charge in [-0.2, -0.15) is 0 Å². The molecule has 4 aromatic rings. The number of pyridine rings is 1. The molecule has 2 aromatic heterocycles. The van der Waals surface area contributed by atoms with Crippen molar-refractivity contribution in [3.05, 3.63) is 75.3 Å². The van der Waals surface area contributed by atoms with Crippen LogP contribution < -0.4 is 15.2 Å². The molecule has 0 unspecified atom stereocenters. The first-order chi connectivity index (χ1) is 19.0.